The van der Waals surface area contributed by atoms with Crippen molar-refractivity contribution in [2.45, 2.75) is 33.1 Å². The first-order valence-corrected chi connectivity index (χ1v) is 10.7. The molecular weight excluding hydrogens is 382 g/mol. The zero-order valence-electron chi connectivity index (χ0n) is 17.1. The van der Waals surface area contributed by atoms with Crippen molar-refractivity contribution in [3.05, 3.63) is 54.1 Å². The third-order valence-corrected chi connectivity index (χ3v) is 5.28. The third kappa shape index (κ3) is 5.94. The van der Waals surface area contributed by atoms with Gasteiger partial charge in [-0.3, -0.25) is 10.1 Å². The molecule has 5 nitrogen and oxygen atoms in total. The third-order valence-electron chi connectivity index (χ3n) is 5.07. The highest BCUT2D eigenvalue weighted by molar-refractivity contribution is 7.80. The Hall–Kier alpha value is -2.60. The minimum atomic E-state index is -0.256. The summed E-state index contributed by atoms with van der Waals surface area (Å²) in [6.07, 6.45) is 3.29. The van der Waals surface area contributed by atoms with Crippen LogP contribution in [0.1, 0.15) is 43.5 Å². The molecule has 1 aliphatic heterocycles. The van der Waals surface area contributed by atoms with Gasteiger partial charge >= 0.3 is 0 Å². The van der Waals surface area contributed by atoms with Crippen LogP contribution in [0.5, 0.6) is 5.75 Å². The number of hydrogen-bond donors (Lipinski definition) is 2. The molecule has 6 heteroatoms. The van der Waals surface area contributed by atoms with E-state index in [1.807, 2.05) is 37.3 Å². The minimum Gasteiger partial charge on any atom is -0.494 e. The molecule has 0 aromatic heterocycles. The van der Waals surface area contributed by atoms with Crippen LogP contribution in [0.4, 0.5) is 11.4 Å². The van der Waals surface area contributed by atoms with Gasteiger partial charge in [0.25, 0.3) is 5.91 Å². The molecule has 1 aliphatic rings. The number of para-hydroxylation sites is 2. The van der Waals surface area contributed by atoms with Crippen molar-refractivity contribution in [3.63, 3.8) is 0 Å². The average molecular weight is 412 g/mol. The lowest BCUT2D eigenvalue weighted by molar-refractivity contribution is 0.0977. The van der Waals surface area contributed by atoms with Gasteiger partial charge in [0, 0.05) is 18.7 Å². The number of amides is 1. The van der Waals surface area contributed by atoms with Crippen LogP contribution in [0, 0.1) is 5.92 Å². The van der Waals surface area contributed by atoms with Gasteiger partial charge in [-0.25, -0.2) is 0 Å². The van der Waals surface area contributed by atoms with E-state index in [0.717, 1.165) is 36.8 Å². The molecule has 29 heavy (non-hydrogen) atoms. The Kier molecular flexibility index (Phi) is 7.47. The highest BCUT2D eigenvalue weighted by Gasteiger charge is 2.19. The monoisotopic (exact) mass is 411 g/mol. The molecule has 0 aliphatic carbocycles. The molecule has 0 radical (unpaired) electrons. The Labute approximate surface area is 178 Å². The van der Waals surface area contributed by atoms with E-state index in [-0.39, 0.29) is 11.0 Å². The number of piperidine rings is 1. The molecular formula is C23H29N3O2S. The number of anilines is 2. The average Bonchev–Trinajstić information content (AvgIpc) is 2.73. The predicted octanol–water partition coefficient (Wildman–Crippen LogP) is 4.84. The molecule has 2 aromatic rings. The Bertz CT molecular complexity index is 848. The number of rotatable bonds is 6. The SMILES string of the molecule is CCCOc1cccc(C(=O)NC(=S)Nc2ccccc2N2CCC(C)CC2)c1. The highest BCUT2D eigenvalue weighted by Crippen LogP contribution is 2.29. The fourth-order valence-corrected chi connectivity index (χ4v) is 3.58. The summed E-state index contributed by atoms with van der Waals surface area (Å²) in [5.41, 5.74) is 2.54. The van der Waals surface area contributed by atoms with Crippen molar-refractivity contribution < 1.29 is 9.53 Å². The summed E-state index contributed by atoms with van der Waals surface area (Å²) in [6, 6.07) is 15.2. The van der Waals surface area contributed by atoms with Gasteiger partial charge in [0.2, 0.25) is 0 Å². The molecule has 1 saturated heterocycles. The zero-order chi connectivity index (χ0) is 20.6. The number of carbonyl (C=O) groups excluding carboxylic acids is 1. The van der Waals surface area contributed by atoms with E-state index in [4.69, 9.17) is 17.0 Å². The second-order valence-corrected chi connectivity index (χ2v) is 7.88. The number of thiocarbonyl (C=S) groups is 1. The number of benzene rings is 2. The zero-order valence-corrected chi connectivity index (χ0v) is 17.9. The Morgan fingerprint density at radius 1 is 1.17 bits per heavy atom. The molecule has 0 atom stereocenters. The van der Waals surface area contributed by atoms with Crippen molar-refractivity contribution in [1.82, 2.24) is 5.32 Å². The Morgan fingerprint density at radius 2 is 1.93 bits per heavy atom. The van der Waals surface area contributed by atoms with E-state index in [9.17, 15) is 4.79 Å². The lowest BCUT2D eigenvalue weighted by Crippen LogP contribution is -2.36. The van der Waals surface area contributed by atoms with Gasteiger partial charge in [0.1, 0.15) is 5.75 Å². The van der Waals surface area contributed by atoms with Gasteiger partial charge in [-0.15, -0.1) is 0 Å². The summed E-state index contributed by atoms with van der Waals surface area (Å²) >= 11 is 5.40. The van der Waals surface area contributed by atoms with Gasteiger partial charge in [-0.05, 0) is 67.7 Å². The predicted molar refractivity (Wildman–Crippen MR) is 123 cm³/mol. The minimum absolute atomic E-state index is 0.256. The van der Waals surface area contributed by atoms with Crippen LogP contribution in [0.25, 0.3) is 0 Å². The molecule has 0 bridgehead atoms. The Morgan fingerprint density at radius 3 is 2.69 bits per heavy atom. The van der Waals surface area contributed by atoms with Gasteiger partial charge < -0.3 is 15.0 Å². The van der Waals surface area contributed by atoms with Crippen molar-refractivity contribution in [2.24, 2.45) is 5.92 Å². The van der Waals surface area contributed by atoms with E-state index in [1.54, 1.807) is 12.1 Å². The van der Waals surface area contributed by atoms with Crippen LogP contribution >= 0.6 is 12.2 Å². The van der Waals surface area contributed by atoms with Crippen molar-refractivity contribution in [3.8, 4) is 5.75 Å². The summed E-state index contributed by atoms with van der Waals surface area (Å²) in [5.74, 6) is 1.19. The normalized spacial score (nSPS) is 14.3. The first kappa shape index (κ1) is 21.1. The smallest absolute Gasteiger partial charge is 0.257 e. The van der Waals surface area contributed by atoms with Crippen molar-refractivity contribution >= 4 is 34.6 Å². The molecule has 3 rings (SSSR count). The molecule has 0 spiro atoms. The summed E-state index contributed by atoms with van der Waals surface area (Å²) < 4.78 is 5.60. The van der Waals surface area contributed by atoms with Gasteiger partial charge in [-0.1, -0.05) is 32.0 Å². The highest BCUT2D eigenvalue weighted by atomic mass is 32.1. The van der Waals surface area contributed by atoms with Gasteiger partial charge in [0.05, 0.1) is 18.0 Å². The molecule has 0 saturated carbocycles. The number of ether oxygens (including phenoxy) is 1. The number of carbonyl (C=O) groups is 1. The van der Waals surface area contributed by atoms with Crippen LogP contribution in [0.2, 0.25) is 0 Å². The second kappa shape index (κ2) is 10.3. The van der Waals surface area contributed by atoms with E-state index in [0.29, 0.717) is 17.9 Å². The van der Waals surface area contributed by atoms with E-state index in [2.05, 4.69) is 28.5 Å². The summed E-state index contributed by atoms with van der Waals surface area (Å²) in [5, 5.41) is 6.25. The second-order valence-electron chi connectivity index (χ2n) is 7.47. The van der Waals surface area contributed by atoms with Gasteiger partial charge in [-0.2, -0.15) is 0 Å². The molecule has 1 heterocycles. The molecule has 154 valence electrons. The standard InChI is InChI=1S/C23H29N3O2S/c1-3-15-28-19-8-6-7-18(16-19)22(27)25-23(29)24-20-9-4-5-10-21(20)26-13-11-17(2)12-14-26/h4-10,16-17H,3,11-15H2,1-2H3,(H2,24,25,27,29). The van der Waals surface area contributed by atoms with E-state index < -0.39 is 0 Å². The fraction of sp³-hybridized carbons (Fsp3) is 0.391. The summed E-state index contributed by atoms with van der Waals surface area (Å²) in [6.45, 7) is 7.03. The lowest BCUT2D eigenvalue weighted by atomic mass is 9.98. The Balaban J connectivity index is 1.63. The van der Waals surface area contributed by atoms with Gasteiger partial charge in [0.15, 0.2) is 5.11 Å². The van der Waals surface area contributed by atoms with Crippen LogP contribution in [-0.2, 0) is 0 Å². The largest absolute Gasteiger partial charge is 0.494 e. The van der Waals surface area contributed by atoms with Crippen LogP contribution in [-0.4, -0.2) is 30.7 Å². The van der Waals surface area contributed by atoms with E-state index in [1.165, 1.54) is 12.8 Å². The molecule has 1 fully saturated rings. The van der Waals surface area contributed by atoms with Crippen LogP contribution < -0.4 is 20.3 Å². The van der Waals surface area contributed by atoms with Crippen molar-refractivity contribution in [1.29, 1.82) is 0 Å². The lowest BCUT2D eigenvalue weighted by Gasteiger charge is -2.33. The van der Waals surface area contributed by atoms with E-state index >= 15 is 0 Å². The number of hydrogen-bond acceptors (Lipinski definition) is 4. The van der Waals surface area contributed by atoms with Crippen molar-refractivity contribution in [2.75, 3.05) is 29.9 Å². The maximum absolute atomic E-state index is 12.6. The first-order valence-electron chi connectivity index (χ1n) is 10.3. The number of nitrogens with zero attached hydrogens (tertiary/aromatic N) is 1. The van der Waals surface area contributed by atoms with Crippen LogP contribution in [0.15, 0.2) is 48.5 Å². The quantitative estimate of drug-likeness (QED) is 0.666. The molecule has 0 unspecified atom stereocenters. The first-order chi connectivity index (χ1) is 14.1. The fourth-order valence-electron chi connectivity index (χ4n) is 3.38. The maximum atomic E-state index is 12.6. The summed E-state index contributed by atoms with van der Waals surface area (Å²) in [7, 11) is 0. The molecule has 2 aromatic carbocycles. The number of nitrogens with one attached hydrogen (secondary N) is 2. The van der Waals surface area contributed by atoms with Crippen LogP contribution in [0.3, 0.4) is 0 Å². The maximum Gasteiger partial charge on any atom is 0.257 e. The summed E-state index contributed by atoms with van der Waals surface area (Å²) in [4.78, 5) is 15.0. The molecule has 1 amide bonds. The molecule has 2 N–H and O–H groups in total. The topological polar surface area (TPSA) is 53.6 Å².